The van der Waals surface area contributed by atoms with E-state index in [2.05, 4.69) is 16.8 Å². The molecule has 1 N–H and O–H groups in total. The Morgan fingerprint density at radius 1 is 1.56 bits per heavy atom. The summed E-state index contributed by atoms with van der Waals surface area (Å²) in [4.78, 5) is 11.6. The zero-order valence-corrected chi connectivity index (χ0v) is 9.79. The second-order valence-corrected chi connectivity index (χ2v) is 4.39. The molecule has 0 saturated carbocycles. The maximum atomic E-state index is 11.6. The first-order valence-electron chi connectivity index (χ1n) is 5.34. The number of carbonyl (C=O) groups excluding carboxylic acids is 1. The van der Waals surface area contributed by atoms with E-state index in [9.17, 15) is 4.79 Å². The van der Waals surface area contributed by atoms with Crippen molar-refractivity contribution in [3.63, 3.8) is 0 Å². The summed E-state index contributed by atoms with van der Waals surface area (Å²) in [5.74, 6) is -0.0741. The Hall–Kier alpha value is -0.910. The Balaban J connectivity index is 1.67. The highest BCUT2D eigenvalue weighted by Gasteiger charge is 2.21. The average molecular weight is 241 g/mol. The molecule has 0 bridgehead atoms. The fourth-order valence-electron chi connectivity index (χ4n) is 1.52. The van der Waals surface area contributed by atoms with Gasteiger partial charge in [0.25, 0.3) is 5.91 Å². The summed E-state index contributed by atoms with van der Waals surface area (Å²) in [6.07, 6.45) is 0.430. The maximum Gasteiger partial charge on any atom is 0.251 e. The number of amides is 1. The second-order valence-electron chi connectivity index (χ2n) is 3.61. The quantitative estimate of drug-likeness (QED) is 0.849. The predicted molar refractivity (Wildman–Crippen MR) is 61.6 cm³/mol. The number of nitrogens with one attached hydrogen (secondary N) is 1. The van der Waals surface area contributed by atoms with Crippen LogP contribution in [0.25, 0.3) is 0 Å². The molecule has 1 atom stereocenters. The van der Waals surface area contributed by atoms with Crippen molar-refractivity contribution in [1.82, 2.24) is 5.32 Å². The van der Waals surface area contributed by atoms with Gasteiger partial charge in [-0.2, -0.15) is 11.3 Å². The van der Waals surface area contributed by atoms with Gasteiger partial charge >= 0.3 is 0 Å². The highest BCUT2D eigenvalue weighted by molar-refractivity contribution is 7.07. The summed E-state index contributed by atoms with van der Waals surface area (Å²) in [5.41, 5.74) is 1.26. The van der Waals surface area contributed by atoms with E-state index in [1.54, 1.807) is 11.3 Å². The zero-order valence-electron chi connectivity index (χ0n) is 8.98. The number of carbonyl (C=O) groups is 1. The SMILES string of the molecule is O=C(NCCc1ccsc1)C1COCCO1. The molecule has 4 nitrogen and oxygen atoms in total. The van der Waals surface area contributed by atoms with Crippen LogP contribution < -0.4 is 5.32 Å². The summed E-state index contributed by atoms with van der Waals surface area (Å²) in [6, 6.07) is 2.07. The summed E-state index contributed by atoms with van der Waals surface area (Å²) in [7, 11) is 0. The molecule has 2 rings (SSSR count). The van der Waals surface area contributed by atoms with E-state index in [0.717, 1.165) is 6.42 Å². The van der Waals surface area contributed by atoms with E-state index in [0.29, 0.717) is 26.4 Å². The van der Waals surface area contributed by atoms with Crippen molar-refractivity contribution in [3.05, 3.63) is 22.4 Å². The standard InChI is InChI=1S/C11H15NO3S/c13-11(10-7-14-4-5-15-10)12-3-1-9-2-6-16-8-9/h2,6,8,10H,1,3-5,7H2,(H,12,13). The number of thiophene rings is 1. The topological polar surface area (TPSA) is 47.6 Å². The van der Waals surface area contributed by atoms with Crippen molar-refractivity contribution in [2.24, 2.45) is 0 Å². The Labute approximate surface area is 98.6 Å². The molecule has 5 heteroatoms. The fraction of sp³-hybridized carbons (Fsp3) is 0.545. The van der Waals surface area contributed by atoms with E-state index in [1.165, 1.54) is 5.56 Å². The molecule has 0 aromatic carbocycles. The summed E-state index contributed by atoms with van der Waals surface area (Å²) >= 11 is 1.67. The van der Waals surface area contributed by atoms with Crippen molar-refractivity contribution in [2.75, 3.05) is 26.4 Å². The maximum absolute atomic E-state index is 11.6. The van der Waals surface area contributed by atoms with Crippen molar-refractivity contribution in [3.8, 4) is 0 Å². The van der Waals surface area contributed by atoms with Crippen LogP contribution in [0.4, 0.5) is 0 Å². The average Bonchev–Trinajstić information content (AvgIpc) is 2.83. The Kier molecular flexibility index (Phi) is 4.33. The van der Waals surface area contributed by atoms with E-state index < -0.39 is 6.10 Å². The van der Waals surface area contributed by atoms with Crippen molar-refractivity contribution in [1.29, 1.82) is 0 Å². The van der Waals surface area contributed by atoms with Crippen LogP contribution in [0.5, 0.6) is 0 Å². The molecule has 1 aliphatic rings. The van der Waals surface area contributed by atoms with E-state index in [1.807, 2.05) is 5.38 Å². The third-order valence-corrected chi connectivity index (χ3v) is 3.13. The van der Waals surface area contributed by atoms with Gasteiger partial charge in [-0.15, -0.1) is 0 Å². The first-order chi connectivity index (χ1) is 7.86. The molecule has 1 unspecified atom stereocenters. The van der Waals surface area contributed by atoms with Gasteiger partial charge < -0.3 is 14.8 Å². The lowest BCUT2D eigenvalue weighted by atomic mass is 10.2. The zero-order chi connectivity index (χ0) is 11.2. The molecule has 0 spiro atoms. The van der Waals surface area contributed by atoms with Crippen LogP contribution in [0.2, 0.25) is 0 Å². The first-order valence-corrected chi connectivity index (χ1v) is 6.28. The third-order valence-electron chi connectivity index (χ3n) is 2.40. The van der Waals surface area contributed by atoms with Crippen LogP contribution in [-0.2, 0) is 20.7 Å². The van der Waals surface area contributed by atoms with Crippen LogP contribution in [0.15, 0.2) is 16.8 Å². The van der Waals surface area contributed by atoms with Gasteiger partial charge in [-0.05, 0) is 28.8 Å². The first kappa shape index (κ1) is 11.6. The van der Waals surface area contributed by atoms with Gasteiger partial charge in [0.1, 0.15) is 0 Å². The van der Waals surface area contributed by atoms with Crippen molar-refractivity contribution < 1.29 is 14.3 Å². The molecule has 16 heavy (non-hydrogen) atoms. The minimum Gasteiger partial charge on any atom is -0.376 e. The molecule has 1 saturated heterocycles. The van der Waals surface area contributed by atoms with Gasteiger partial charge in [0.2, 0.25) is 0 Å². The smallest absolute Gasteiger partial charge is 0.251 e. The second kappa shape index (κ2) is 5.98. The van der Waals surface area contributed by atoms with Crippen LogP contribution in [0, 0.1) is 0 Å². The monoisotopic (exact) mass is 241 g/mol. The van der Waals surface area contributed by atoms with Gasteiger partial charge in [-0.1, -0.05) is 0 Å². The summed E-state index contributed by atoms with van der Waals surface area (Å²) in [6.45, 7) is 2.10. The summed E-state index contributed by atoms with van der Waals surface area (Å²) in [5, 5.41) is 6.98. The van der Waals surface area contributed by atoms with E-state index in [4.69, 9.17) is 9.47 Å². The molecule has 88 valence electrons. The molecule has 1 aliphatic heterocycles. The predicted octanol–water partition coefficient (Wildman–Crippen LogP) is 0.822. The molecule has 0 radical (unpaired) electrons. The van der Waals surface area contributed by atoms with Gasteiger partial charge in [-0.25, -0.2) is 0 Å². The normalized spacial score (nSPS) is 20.6. The Bertz CT molecular complexity index is 320. The lowest BCUT2D eigenvalue weighted by Gasteiger charge is -2.21. The number of hydrogen-bond donors (Lipinski definition) is 1. The minimum atomic E-state index is -0.434. The highest BCUT2D eigenvalue weighted by Crippen LogP contribution is 2.06. The van der Waals surface area contributed by atoms with E-state index in [-0.39, 0.29) is 5.91 Å². The molecule has 1 fully saturated rings. The largest absolute Gasteiger partial charge is 0.376 e. The van der Waals surface area contributed by atoms with Crippen LogP contribution in [-0.4, -0.2) is 38.4 Å². The molecule has 0 aliphatic carbocycles. The molecule has 2 heterocycles. The highest BCUT2D eigenvalue weighted by atomic mass is 32.1. The van der Waals surface area contributed by atoms with Crippen LogP contribution in [0.1, 0.15) is 5.56 Å². The van der Waals surface area contributed by atoms with Gasteiger partial charge in [-0.3, -0.25) is 4.79 Å². The molecule has 1 amide bonds. The lowest BCUT2D eigenvalue weighted by Crippen LogP contribution is -2.43. The summed E-state index contributed by atoms with van der Waals surface area (Å²) < 4.78 is 10.5. The molecule has 1 aromatic rings. The number of hydrogen-bond acceptors (Lipinski definition) is 4. The number of rotatable bonds is 4. The van der Waals surface area contributed by atoms with Crippen molar-refractivity contribution >= 4 is 17.2 Å². The van der Waals surface area contributed by atoms with E-state index >= 15 is 0 Å². The fourth-order valence-corrected chi connectivity index (χ4v) is 2.22. The molecule has 1 aromatic heterocycles. The van der Waals surface area contributed by atoms with Crippen LogP contribution >= 0.6 is 11.3 Å². The lowest BCUT2D eigenvalue weighted by molar-refractivity contribution is -0.147. The number of ether oxygens (including phenoxy) is 2. The third kappa shape index (κ3) is 3.30. The van der Waals surface area contributed by atoms with Gasteiger partial charge in [0.05, 0.1) is 19.8 Å². The Morgan fingerprint density at radius 3 is 3.19 bits per heavy atom. The molecular weight excluding hydrogens is 226 g/mol. The van der Waals surface area contributed by atoms with Crippen LogP contribution in [0.3, 0.4) is 0 Å². The van der Waals surface area contributed by atoms with Crippen molar-refractivity contribution in [2.45, 2.75) is 12.5 Å². The minimum absolute atomic E-state index is 0.0741. The van der Waals surface area contributed by atoms with Gasteiger partial charge in [0.15, 0.2) is 6.10 Å². The molecular formula is C11H15NO3S. The van der Waals surface area contributed by atoms with Gasteiger partial charge in [0, 0.05) is 6.54 Å². The Morgan fingerprint density at radius 2 is 2.50 bits per heavy atom.